The maximum absolute atomic E-state index is 13.0. The van der Waals surface area contributed by atoms with E-state index >= 15 is 0 Å². The van der Waals surface area contributed by atoms with Crippen molar-refractivity contribution >= 4 is 23.1 Å². The third-order valence-corrected chi connectivity index (χ3v) is 5.57. The van der Waals surface area contributed by atoms with Crippen molar-refractivity contribution in [3.05, 3.63) is 52.5 Å². The average Bonchev–Trinajstić information content (AvgIpc) is 3.04. The van der Waals surface area contributed by atoms with Crippen LogP contribution in [0.25, 0.3) is 0 Å². The van der Waals surface area contributed by atoms with Gasteiger partial charge in [0.2, 0.25) is 0 Å². The smallest absolute Gasteiger partial charge is 0.322 e. The van der Waals surface area contributed by atoms with Crippen molar-refractivity contribution in [3.63, 3.8) is 0 Å². The van der Waals surface area contributed by atoms with Gasteiger partial charge in [-0.15, -0.1) is 11.3 Å². The maximum atomic E-state index is 13.0. The minimum Gasteiger partial charge on any atom is -0.387 e. The summed E-state index contributed by atoms with van der Waals surface area (Å²) in [6, 6.07) is 9.44. The third-order valence-electron chi connectivity index (χ3n) is 4.60. The van der Waals surface area contributed by atoms with E-state index in [0.717, 1.165) is 30.6 Å². The van der Waals surface area contributed by atoms with Crippen LogP contribution in [0.4, 0.5) is 14.9 Å². The van der Waals surface area contributed by atoms with Crippen LogP contribution >= 0.6 is 11.3 Å². The van der Waals surface area contributed by atoms with E-state index in [1.165, 1.54) is 23.5 Å². The molecule has 2 atom stereocenters. The zero-order valence-electron chi connectivity index (χ0n) is 14.0. The fourth-order valence-electron chi connectivity index (χ4n) is 3.27. The molecule has 0 aliphatic carbocycles. The second-order valence-electron chi connectivity index (χ2n) is 6.40. The summed E-state index contributed by atoms with van der Waals surface area (Å²) in [4.78, 5) is 15.5. The van der Waals surface area contributed by atoms with Crippen molar-refractivity contribution < 1.29 is 14.3 Å². The first-order valence-corrected chi connectivity index (χ1v) is 9.56. The van der Waals surface area contributed by atoms with Crippen molar-refractivity contribution in [2.24, 2.45) is 0 Å². The van der Waals surface area contributed by atoms with E-state index in [1.54, 1.807) is 12.1 Å². The molecule has 0 saturated carbocycles. The highest BCUT2D eigenvalue weighted by atomic mass is 32.1. The number of urea groups is 1. The molecule has 2 heterocycles. The number of anilines is 1. The Hall–Kier alpha value is -1.92. The molecule has 2 aromatic rings. The van der Waals surface area contributed by atoms with Crippen molar-refractivity contribution in [2.45, 2.75) is 44.2 Å². The van der Waals surface area contributed by atoms with Gasteiger partial charge in [0.25, 0.3) is 0 Å². The summed E-state index contributed by atoms with van der Waals surface area (Å²) in [6.07, 6.45) is 3.98. The Morgan fingerprint density at radius 3 is 2.80 bits per heavy atom. The monoisotopic (exact) mass is 362 g/mol. The molecule has 25 heavy (non-hydrogen) atoms. The molecular weight excluding hydrogens is 339 g/mol. The van der Waals surface area contributed by atoms with Crippen molar-refractivity contribution in [3.8, 4) is 0 Å². The molecule has 1 fully saturated rings. The number of aliphatic hydroxyl groups excluding tert-OH is 1. The number of nitrogens with zero attached hydrogens (tertiary/aromatic N) is 1. The molecule has 0 unspecified atom stereocenters. The molecular formula is C19H23FN2O2S. The highest BCUT2D eigenvalue weighted by Crippen LogP contribution is 2.29. The first-order chi connectivity index (χ1) is 12.1. The van der Waals surface area contributed by atoms with Crippen LogP contribution in [0.3, 0.4) is 0 Å². The van der Waals surface area contributed by atoms with E-state index in [4.69, 9.17) is 0 Å². The van der Waals surface area contributed by atoms with Crippen LogP contribution in [0.15, 0.2) is 41.8 Å². The fraction of sp³-hybridized carbons (Fsp3) is 0.421. The second-order valence-corrected chi connectivity index (χ2v) is 7.38. The number of carbonyl (C=O) groups excluding carboxylic acids is 1. The lowest BCUT2D eigenvalue weighted by Gasteiger charge is -2.31. The quantitative estimate of drug-likeness (QED) is 0.822. The number of nitrogens with one attached hydrogen (secondary N) is 1. The molecule has 6 heteroatoms. The maximum Gasteiger partial charge on any atom is 0.322 e. The average molecular weight is 362 g/mol. The van der Waals surface area contributed by atoms with Gasteiger partial charge >= 0.3 is 6.03 Å². The molecule has 0 radical (unpaired) electrons. The lowest BCUT2D eigenvalue weighted by molar-refractivity contribution is 0.118. The third kappa shape index (κ3) is 4.80. The largest absolute Gasteiger partial charge is 0.387 e. The molecule has 2 N–H and O–H groups in total. The summed E-state index contributed by atoms with van der Waals surface area (Å²) >= 11 is 1.53. The van der Waals surface area contributed by atoms with Crippen LogP contribution in [0, 0.1) is 5.82 Å². The number of rotatable bonds is 4. The van der Waals surface area contributed by atoms with Gasteiger partial charge in [-0.3, -0.25) is 0 Å². The summed E-state index contributed by atoms with van der Waals surface area (Å²) < 4.78 is 13.0. The normalized spacial score (nSPS) is 19.3. The number of likely N-dealkylation sites (tertiary alicyclic amines) is 1. The SMILES string of the molecule is O=C(Nc1ccc(F)cc1)N1CCCCC[C@@H]1C[C@@H](O)c1cccs1. The molecule has 134 valence electrons. The van der Waals surface area contributed by atoms with E-state index in [0.29, 0.717) is 18.7 Å². The van der Waals surface area contributed by atoms with E-state index in [2.05, 4.69) is 5.32 Å². The minimum atomic E-state index is -0.552. The predicted octanol–water partition coefficient (Wildman–Crippen LogP) is 4.79. The van der Waals surface area contributed by atoms with Gasteiger partial charge in [-0.05, 0) is 55.0 Å². The van der Waals surface area contributed by atoms with Gasteiger partial charge < -0.3 is 15.3 Å². The molecule has 1 aliphatic heterocycles. The Morgan fingerprint density at radius 1 is 1.28 bits per heavy atom. The fourth-order valence-corrected chi connectivity index (χ4v) is 4.00. The molecule has 3 rings (SSSR count). The topological polar surface area (TPSA) is 52.6 Å². The number of thiophene rings is 1. The van der Waals surface area contributed by atoms with Crippen LogP contribution in [0.2, 0.25) is 0 Å². The van der Waals surface area contributed by atoms with E-state index < -0.39 is 6.10 Å². The van der Waals surface area contributed by atoms with E-state index in [-0.39, 0.29) is 17.9 Å². The van der Waals surface area contributed by atoms with E-state index in [1.807, 2.05) is 22.4 Å². The second kappa shape index (κ2) is 8.45. The van der Waals surface area contributed by atoms with Crippen LogP contribution in [0.5, 0.6) is 0 Å². The summed E-state index contributed by atoms with van der Waals surface area (Å²) in [6.45, 7) is 0.675. The van der Waals surface area contributed by atoms with Gasteiger partial charge in [-0.2, -0.15) is 0 Å². The Kier molecular flexibility index (Phi) is 6.04. The number of aliphatic hydroxyl groups is 1. The molecule has 4 nitrogen and oxygen atoms in total. The first kappa shape index (κ1) is 17.9. The number of benzene rings is 1. The number of halogens is 1. The van der Waals surface area contributed by atoms with Gasteiger partial charge in [-0.25, -0.2) is 9.18 Å². The highest BCUT2D eigenvalue weighted by Gasteiger charge is 2.28. The van der Waals surface area contributed by atoms with Crippen LogP contribution < -0.4 is 5.32 Å². The minimum absolute atomic E-state index is 0.0000448. The molecule has 1 saturated heterocycles. The van der Waals surface area contributed by atoms with Crippen LogP contribution in [-0.4, -0.2) is 28.6 Å². The Labute approximate surface area is 151 Å². The van der Waals surface area contributed by atoms with Gasteiger partial charge in [0.15, 0.2) is 0 Å². The lowest BCUT2D eigenvalue weighted by Crippen LogP contribution is -2.43. The van der Waals surface area contributed by atoms with Crippen LogP contribution in [0.1, 0.15) is 43.1 Å². The van der Waals surface area contributed by atoms with Gasteiger partial charge in [0.05, 0.1) is 6.10 Å². The summed E-state index contributed by atoms with van der Waals surface area (Å²) in [5, 5.41) is 15.3. The number of hydrogen-bond donors (Lipinski definition) is 2. The Morgan fingerprint density at radius 2 is 2.08 bits per heavy atom. The van der Waals surface area contributed by atoms with Crippen LogP contribution in [-0.2, 0) is 0 Å². The summed E-state index contributed by atoms with van der Waals surface area (Å²) in [5.41, 5.74) is 0.577. The Balaban J connectivity index is 1.68. The molecule has 1 aliphatic rings. The van der Waals surface area contributed by atoms with Crippen molar-refractivity contribution in [2.75, 3.05) is 11.9 Å². The van der Waals surface area contributed by atoms with Gasteiger partial charge in [0, 0.05) is 23.2 Å². The lowest BCUT2D eigenvalue weighted by atomic mass is 10.0. The van der Waals surface area contributed by atoms with Crippen molar-refractivity contribution in [1.82, 2.24) is 4.90 Å². The standard InChI is InChI=1S/C19H23FN2O2S/c20-14-7-9-15(10-8-14)21-19(24)22-11-3-1-2-5-16(22)13-17(23)18-6-4-12-25-18/h4,6-10,12,16-17,23H,1-3,5,11,13H2,(H,21,24)/t16-,17-/m1/s1. The predicted molar refractivity (Wildman–Crippen MR) is 98.3 cm³/mol. The zero-order valence-corrected chi connectivity index (χ0v) is 14.8. The van der Waals surface area contributed by atoms with Crippen molar-refractivity contribution in [1.29, 1.82) is 0 Å². The first-order valence-electron chi connectivity index (χ1n) is 8.68. The molecule has 1 aromatic heterocycles. The summed E-state index contributed by atoms with van der Waals surface area (Å²) in [7, 11) is 0. The Bertz CT molecular complexity index is 675. The molecule has 0 bridgehead atoms. The number of hydrogen-bond acceptors (Lipinski definition) is 3. The number of carbonyl (C=O) groups is 1. The molecule has 0 spiro atoms. The zero-order chi connectivity index (χ0) is 17.6. The van der Waals surface area contributed by atoms with Gasteiger partial charge in [-0.1, -0.05) is 18.9 Å². The van der Waals surface area contributed by atoms with Gasteiger partial charge in [0.1, 0.15) is 5.82 Å². The highest BCUT2D eigenvalue weighted by molar-refractivity contribution is 7.10. The molecule has 2 amide bonds. The molecule has 1 aromatic carbocycles. The van der Waals surface area contributed by atoms with E-state index in [9.17, 15) is 14.3 Å². The number of amides is 2. The summed E-state index contributed by atoms with van der Waals surface area (Å²) in [5.74, 6) is -0.329.